The van der Waals surface area contributed by atoms with E-state index in [1.54, 1.807) is 29.1 Å². The van der Waals surface area contributed by atoms with E-state index < -0.39 is 21.8 Å². The van der Waals surface area contributed by atoms with Crippen molar-refractivity contribution >= 4 is 21.7 Å². The number of rotatable bonds is 5. The van der Waals surface area contributed by atoms with Crippen molar-refractivity contribution in [2.45, 2.75) is 24.2 Å². The number of aromatic nitrogens is 1. The van der Waals surface area contributed by atoms with Gasteiger partial charge in [-0.05, 0) is 72.9 Å². The van der Waals surface area contributed by atoms with Crippen molar-refractivity contribution in [3.8, 4) is 5.69 Å². The van der Waals surface area contributed by atoms with Gasteiger partial charge in [-0.25, -0.2) is 17.6 Å². The topological polar surface area (TPSA) is 88.4 Å². The molecule has 1 aromatic heterocycles. The summed E-state index contributed by atoms with van der Waals surface area (Å²) in [6.07, 6.45) is 5.43. The number of nitrogens with zero attached hydrogens (tertiary/aromatic N) is 1. The van der Waals surface area contributed by atoms with Gasteiger partial charge >= 0.3 is 5.97 Å². The van der Waals surface area contributed by atoms with E-state index in [4.69, 9.17) is 0 Å². The summed E-state index contributed by atoms with van der Waals surface area (Å²) in [4.78, 5) is 11.3. The number of aromatic carboxylic acids is 1. The van der Waals surface area contributed by atoms with Gasteiger partial charge in [0.15, 0.2) is 0 Å². The van der Waals surface area contributed by atoms with E-state index in [-0.39, 0.29) is 16.1 Å². The van der Waals surface area contributed by atoms with E-state index in [1.807, 2.05) is 0 Å². The maximum absolute atomic E-state index is 14.3. The molecule has 144 valence electrons. The zero-order chi connectivity index (χ0) is 19.9. The number of fused-ring (bicyclic) bond motifs is 1. The van der Waals surface area contributed by atoms with Gasteiger partial charge in [-0.2, -0.15) is 0 Å². The van der Waals surface area contributed by atoms with Crippen LogP contribution in [0.15, 0.2) is 59.8 Å². The lowest BCUT2D eigenvalue weighted by atomic mass is 10.1. The van der Waals surface area contributed by atoms with Crippen LogP contribution in [0.1, 0.15) is 27.9 Å². The highest BCUT2D eigenvalue weighted by Crippen LogP contribution is 2.32. The van der Waals surface area contributed by atoms with Crippen molar-refractivity contribution < 1.29 is 22.7 Å². The first-order valence-electron chi connectivity index (χ1n) is 8.70. The fourth-order valence-corrected chi connectivity index (χ4v) is 4.88. The number of hydrogen-bond donors (Lipinski definition) is 2. The molecule has 0 unspecified atom stereocenters. The van der Waals surface area contributed by atoms with Gasteiger partial charge in [-0.15, -0.1) is 0 Å². The molecule has 1 aliphatic carbocycles. The standard InChI is InChI=1S/C20H17FN2O4S/c21-17-7-6-15(23-8-1-2-9-23)12-18(17)22-28(26,27)19-11-14(20(24)25)10-13-4-3-5-16(13)19/h1-2,6-12,22H,3-5H2,(H,24,25). The van der Waals surface area contributed by atoms with Gasteiger partial charge in [-0.1, -0.05) is 0 Å². The highest BCUT2D eigenvalue weighted by Gasteiger charge is 2.27. The summed E-state index contributed by atoms with van der Waals surface area (Å²) in [6.45, 7) is 0. The molecule has 28 heavy (non-hydrogen) atoms. The molecular formula is C20H17FN2O4S. The minimum atomic E-state index is -4.17. The molecule has 1 aliphatic rings. The van der Waals surface area contributed by atoms with Crippen LogP contribution in [0.4, 0.5) is 10.1 Å². The second-order valence-electron chi connectivity index (χ2n) is 6.63. The molecule has 2 aromatic carbocycles. The average Bonchev–Trinajstić information content (AvgIpc) is 3.33. The van der Waals surface area contributed by atoms with E-state index in [9.17, 15) is 22.7 Å². The van der Waals surface area contributed by atoms with Gasteiger partial charge < -0.3 is 9.67 Å². The third-order valence-corrected chi connectivity index (χ3v) is 6.24. The van der Waals surface area contributed by atoms with Crippen molar-refractivity contribution in [1.82, 2.24) is 4.57 Å². The number of carboxylic acid groups (broad SMARTS) is 1. The molecule has 0 atom stereocenters. The fourth-order valence-electron chi connectivity index (χ4n) is 3.49. The molecule has 0 radical (unpaired) electrons. The maximum atomic E-state index is 14.3. The van der Waals surface area contributed by atoms with Gasteiger partial charge in [0.1, 0.15) is 5.82 Å². The molecule has 4 rings (SSSR count). The van der Waals surface area contributed by atoms with Crippen molar-refractivity contribution in [3.63, 3.8) is 0 Å². The van der Waals surface area contributed by atoms with Gasteiger partial charge in [0, 0.05) is 18.1 Å². The third kappa shape index (κ3) is 3.27. The van der Waals surface area contributed by atoms with Crippen molar-refractivity contribution in [3.05, 3.63) is 77.4 Å². The quantitative estimate of drug-likeness (QED) is 0.685. The first-order chi connectivity index (χ1) is 13.3. The van der Waals surface area contributed by atoms with Crippen LogP contribution in [0.2, 0.25) is 0 Å². The number of nitrogens with one attached hydrogen (secondary N) is 1. The molecule has 8 heteroatoms. The van der Waals surface area contributed by atoms with Gasteiger partial charge in [0.2, 0.25) is 0 Å². The zero-order valence-electron chi connectivity index (χ0n) is 14.7. The third-order valence-electron chi connectivity index (χ3n) is 4.81. The van der Waals surface area contributed by atoms with Crippen LogP contribution < -0.4 is 4.72 Å². The van der Waals surface area contributed by atoms with E-state index >= 15 is 0 Å². The van der Waals surface area contributed by atoms with Gasteiger partial charge in [0.25, 0.3) is 10.0 Å². The molecule has 0 aliphatic heterocycles. The summed E-state index contributed by atoms with van der Waals surface area (Å²) in [5, 5.41) is 9.30. The minimum absolute atomic E-state index is 0.0948. The van der Waals surface area contributed by atoms with Crippen LogP contribution in [0.3, 0.4) is 0 Å². The number of benzene rings is 2. The van der Waals surface area contributed by atoms with E-state index in [0.717, 1.165) is 12.5 Å². The second-order valence-corrected chi connectivity index (χ2v) is 8.28. The number of carbonyl (C=O) groups is 1. The van der Waals surface area contributed by atoms with E-state index in [2.05, 4.69) is 4.72 Å². The first-order valence-corrected chi connectivity index (χ1v) is 10.2. The highest BCUT2D eigenvalue weighted by atomic mass is 32.2. The Balaban J connectivity index is 1.77. The molecule has 0 spiro atoms. The van der Waals surface area contributed by atoms with Crippen LogP contribution in [0.5, 0.6) is 0 Å². The molecule has 0 amide bonds. The lowest BCUT2D eigenvalue weighted by Crippen LogP contribution is -2.17. The smallest absolute Gasteiger partial charge is 0.335 e. The average molecular weight is 400 g/mol. The van der Waals surface area contributed by atoms with Crippen LogP contribution in [-0.2, 0) is 22.9 Å². The molecule has 0 saturated heterocycles. The Hall–Kier alpha value is -3.13. The number of aryl methyl sites for hydroxylation is 1. The maximum Gasteiger partial charge on any atom is 0.335 e. The molecule has 1 heterocycles. The largest absolute Gasteiger partial charge is 0.478 e. The second kappa shape index (κ2) is 6.79. The van der Waals surface area contributed by atoms with Crippen LogP contribution in [-0.4, -0.2) is 24.1 Å². The first kappa shape index (κ1) is 18.2. The Morgan fingerprint density at radius 1 is 1.11 bits per heavy atom. The summed E-state index contributed by atoms with van der Waals surface area (Å²) in [6, 6.07) is 10.4. The molecule has 0 saturated carbocycles. The van der Waals surface area contributed by atoms with E-state index in [1.165, 1.54) is 24.3 Å². The van der Waals surface area contributed by atoms with Crippen LogP contribution in [0, 0.1) is 5.82 Å². The highest BCUT2D eigenvalue weighted by molar-refractivity contribution is 7.92. The van der Waals surface area contributed by atoms with Crippen LogP contribution in [0.25, 0.3) is 5.69 Å². The molecule has 2 N–H and O–H groups in total. The lowest BCUT2D eigenvalue weighted by Gasteiger charge is -2.14. The fraction of sp³-hybridized carbons (Fsp3) is 0.150. The summed E-state index contributed by atoms with van der Waals surface area (Å²) in [5.74, 6) is -1.92. The van der Waals surface area contributed by atoms with Crippen molar-refractivity contribution in [1.29, 1.82) is 0 Å². The Labute approximate surface area is 161 Å². The summed E-state index contributed by atoms with van der Waals surface area (Å²) >= 11 is 0. The summed E-state index contributed by atoms with van der Waals surface area (Å²) in [5.41, 5.74) is 1.61. The van der Waals surface area contributed by atoms with Gasteiger partial charge in [0.05, 0.1) is 16.1 Å². The molecule has 6 nitrogen and oxygen atoms in total. The molecule has 3 aromatic rings. The van der Waals surface area contributed by atoms with Crippen molar-refractivity contribution in [2.75, 3.05) is 4.72 Å². The Morgan fingerprint density at radius 3 is 2.57 bits per heavy atom. The van der Waals surface area contributed by atoms with Crippen molar-refractivity contribution in [2.24, 2.45) is 0 Å². The normalized spacial score (nSPS) is 13.3. The number of anilines is 1. The predicted octanol–water partition coefficient (Wildman–Crippen LogP) is 3.60. The predicted molar refractivity (Wildman–Crippen MR) is 102 cm³/mol. The lowest BCUT2D eigenvalue weighted by molar-refractivity contribution is 0.0696. The Morgan fingerprint density at radius 2 is 1.86 bits per heavy atom. The Kier molecular flexibility index (Phi) is 4.43. The monoisotopic (exact) mass is 400 g/mol. The summed E-state index contributed by atoms with van der Waals surface area (Å²) < 4.78 is 44.3. The SMILES string of the molecule is O=C(O)c1cc2c(c(S(=O)(=O)Nc3cc(-n4cccc4)ccc3F)c1)CCC2. The Bertz CT molecular complexity index is 1170. The van der Waals surface area contributed by atoms with Gasteiger partial charge in [-0.3, -0.25) is 4.72 Å². The molecule has 0 bridgehead atoms. The minimum Gasteiger partial charge on any atom is -0.478 e. The number of carboxylic acids is 1. The number of halogens is 1. The van der Waals surface area contributed by atoms with E-state index in [0.29, 0.717) is 29.7 Å². The number of sulfonamides is 1. The summed E-state index contributed by atoms with van der Waals surface area (Å²) in [7, 11) is -4.17. The van der Waals surface area contributed by atoms with Crippen LogP contribution >= 0.6 is 0 Å². The zero-order valence-corrected chi connectivity index (χ0v) is 15.5. The molecular weight excluding hydrogens is 383 g/mol. The number of hydrogen-bond acceptors (Lipinski definition) is 3. The molecule has 0 fully saturated rings.